The van der Waals surface area contributed by atoms with Crippen molar-refractivity contribution in [3.05, 3.63) is 66.2 Å². The van der Waals surface area contributed by atoms with E-state index in [0.717, 1.165) is 7.11 Å². The molecule has 2 aromatic rings. The molecule has 0 saturated heterocycles. The summed E-state index contributed by atoms with van der Waals surface area (Å²) in [7, 11) is -3.16. The molecule has 2 atom stereocenters. The lowest BCUT2D eigenvalue weighted by Crippen LogP contribution is -2.39. The molecule has 0 heterocycles. The molecule has 0 saturated carbocycles. The quantitative estimate of drug-likeness (QED) is 0.547. The SMILES string of the molecule is COC(=O)C(C(C#N)CC(=O)c1ccccc1)S(=O)(=O)c1ccccc1. The summed E-state index contributed by atoms with van der Waals surface area (Å²) in [4.78, 5) is 24.5. The van der Waals surface area contributed by atoms with E-state index in [-0.39, 0.29) is 4.90 Å². The number of sulfone groups is 1. The fraction of sp³-hybridized carbons (Fsp3) is 0.211. The molecule has 0 fully saturated rings. The van der Waals surface area contributed by atoms with Gasteiger partial charge in [0, 0.05) is 12.0 Å². The van der Waals surface area contributed by atoms with Crippen LogP contribution in [0.4, 0.5) is 0 Å². The van der Waals surface area contributed by atoms with E-state index in [1.165, 1.54) is 24.3 Å². The Kier molecular flexibility index (Phi) is 6.26. The van der Waals surface area contributed by atoms with E-state index in [2.05, 4.69) is 4.74 Å². The van der Waals surface area contributed by atoms with Crippen LogP contribution in [0.25, 0.3) is 0 Å². The lowest BCUT2D eigenvalue weighted by molar-refractivity contribution is -0.140. The Morgan fingerprint density at radius 1 is 1.04 bits per heavy atom. The summed E-state index contributed by atoms with van der Waals surface area (Å²) in [5, 5.41) is 7.69. The van der Waals surface area contributed by atoms with Gasteiger partial charge < -0.3 is 4.74 Å². The minimum atomic E-state index is -4.20. The summed E-state index contributed by atoms with van der Waals surface area (Å²) in [5.41, 5.74) is 0.341. The Morgan fingerprint density at radius 3 is 2.08 bits per heavy atom. The van der Waals surface area contributed by atoms with E-state index >= 15 is 0 Å². The molecule has 6 nitrogen and oxygen atoms in total. The number of nitriles is 1. The second-order valence-corrected chi connectivity index (χ2v) is 7.60. The summed E-state index contributed by atoms with van der Waals surface area (Å²) in [6.45, 7) is 0. The lowest BCUT2D eigenvalue weighted by atomic mass is 9.96. The molecule has 0 N–H and O–H groups in total. The molecule has 0 aromatic heterocycles. The van der Waals surface area contributed by atoms with Crippen molar-refractivity contribution in [3.63, 3.8) is 0 Å². The van der Waals surface area contributed by atoms with Crippen molar-refractivity contribution in [2.24, 2.45) is 5.92 Å². The average molecular weight is 371 g/mol. The maximum absolute atomic E-state index is 12.9. The lowest BCUT2D eigenvalue weighted by Gasteiger charge is -2.20. The van der Waals surface area contributed by atoms with Crippen LogP contribution in [0.2, 0.25) is 0 Å². The molecule has 0 aliphatic heterocycles. The molecule has 0 spiro atoms. The van der Waals surface area contributed by atoms with Gasteiger partial charge in [0.05, 0.1) is 24.0 Å². The van der Waals surface area contributed by atoms with Gasteiger partial charge in [-0.15, -0.1) is 0 Å². The average Bonchev–Trinajstić information content (AvgIpc) is 2.68. The van der Waals surface area contributed by atoms with Gasteiger partial charge in [0.25, 0.3) is 0 Å². The molecule has 0 aliphatic rings. The highest BCUT2D eigenvalue weighted by atomic mass is 32.2. The number of esters is 1. The number of rotatable bonds is 7. The Labute approximate surface area is 151 Å². The van der Waals surface area contributed by atoms with Crippen LogP contribution in [0, 0.1) is 17.2 Å². The monoisotopic (exact) mass is 371 g/mol. The van der Waals surface area contributed by atoms with E-state index in [1.54, 1.807) is 42.5 Å². The van der Waals surface area contributed by atoms with Gasteiger partial charge in [-0.05, 0) is 12.1 Å². The van der Waals surface area contributed by atoms with Crippen LogP contribution in [0.3, 0.4) is 0 Å². The van der Waals surface area contributed by atoms with Crippen LogP contribution in [0.5, 0.6) is 0 Å². The zero-order valence-corrected chi connectivity index (χ0v) is 14.8. The highest BCUT2D eigenvalue weighted by molar-refractivity contribution is 7.92. The van der Waals surface area contributed by atoms with Crippen molar-refractivity contribution in [1.29, 1.82) is 5.26 Å². The van der Waals surface area contributed by atoms with Crippen LogP contribution < -0.4 is 0 Å². The second kappa shape index (κ2) is 8.41. The summed E-state index contributed by atoms with van der Waals surface area (Å²) in [6.07, 6.45) is -0.410. The Balaban J connectivity index is 2.40. The van der Waals surface area contributed by atoms with E-state index in [1.807, 2.05) is 0 Å². The molecule has 0 amide bonds. The number of hydrogen-bond donors (Lipinski definition) is 0. The maximum Gasteiger partial charge on any atom is 0.325 e. The minimum Gasteiger partial charge on any atom is -0.468 e. The maximum atomic E-state index is 12.9. The van der Waals surface area contributed by atoms with Gasteiger partial charge in [-0.2, -0.15) is 5.26 Å². The summed E-state index contributed by atoms with van der Waals surface area (Å²) < 4.78 is 30.4. The zero-order chi connectivity index (χ0) is 19.2. The van der Waals surface area contributed by atoms with Gasteiger partial charge in [0.2, 0.25) is 0 Å². The van der Waals surface area contributed by atoms with Gasteiger partial charge >= 0.3 is 5.97 Å². The Morgan fingerprint density at radius 2 is 1.58 bits per heavy atom. The van der Waals surface area contributed by atoms with Gasteiger partial charge in [-0.25, -0.2) is 8.42 Å². The van der Waals surface area contributed by atoms with Gasteiger partial charge in [-0.1, -0.05) is 48.5 Å². The first-order valence-corrected chi connectivity index (χ1v) is 9.31. The summed E-state index contributed by atoms with van der Waals surface area (Å²) in [5.74, 6) is -2.86. The molecule has 0 aliphatic carbocycles. The zero-order valence-electron chi connectivity index (χ0n) is 14.0. The predicted molar refractivity (Wildman–Crippen MR) is 93.9 cm³/mol. The van der Waals surface area contributed by atoms with Crippen LogP contribution in [-0.2, 0) is 19.4 Å². The van der Waals surface area contributed by atoms with E-state index in [9.17, 15) is 23.3 Å². The number of nitrogens with zero attached hydrogens (tertiary/aromatic N) is 1. The Hall–Kier alpha value is -2.98. The van der Waals surface area contributed by atoms with E-state index in [4.69, 9.17) is 0 Å². The summed E-state index contributed by atoms with van der Waals surface area (Å²) >= 11 is 0. The fourth-order valence-corrected chi connectivity index (χ4v) is 4.31. The summed E-state index contributed by atoms with van der Waals surface area (Å²) in [6, 6.07) is 17.3. The number of hydrogen-bond acceptors (Lipinski definition) is 6. The molecule has 0 radical (unpaired) electrons. The van der Waals surface area contributed by atoms with E-state index < -0.39 is 39.2 Å². The van der Waals surface area contributed by atoms with Crippen molar-refractivity contribution in [1.82, 2.24) is 0 Å². The Bertz CT molecular complexity index is 917. The molecule has 2 aromatic carbocycles. The second-order valence-electron chi connectivity index (χ2n) is 5.53. The van der Waals surface area contributed by atoms with Crippen molar-refractivity contribution in [2.45, 2.75) is 16.6 Å². The first-order chi connectivity index (χ1) is 12.4. The third-order valence-corrected chi connectivity index (χ3v) is 5.99. The third-order valence-electron chi connectivity index (χ3n) is 3.87. The van der Waals surface area contributed by atoms with Crippen LogP contribution >= 0.6 is 0 Å². The van der Waals surface area contributed by atoms with Crippen molar-refractivity contribution >= 4 is 21.6 Å². The van der Waals surface area contributed by atoms with Gasteiger partial charge in [0.15, 0.2) is 20.9 Å². The van der Waals surface area contributed by atoms with Crippen LogP contribution in [0.15, 0.2) is 65.6 Å². The fourth-order valence-electron chi connectivity index (χ4n) is 2.54. The number of Topliss-reactive ketones (excluding diaryl/α,β-unsaturated/α-hetero) is 1. The standard InChI is InChI=1S/C19H17NO5S/c1-25-19(22)18(26(23,24)16-10-6-3-7-11-16)15(13-20)12-17(21)14-8-4-2-5-9-14/h2-11,15,18H,12H2,1H3. The molecule has 7 heteroatoms. The van der Waals surface area contributed by atoms with Gasteiger partial charge in [0.1, 0.15) is 0 Å². The minimum absolute atomic E-state index is 0.109. The third kappa shape index (κ3) is 4.16. The smallest absolute Gasteiger partial charge is 0.325 e. The molecule has 2 unspecified atom stereocenters. The van der Waals surface area contributed by atoms with Crippen molar-refractivity contribution < 1.29 is 22.7 Å². The number of ether oxygens (including phenoxy) is 1. The topological polar surface area (TPSA) is 101 Å². The molecule has 134 valence electrons. The highest BCUT2D eigenvalue weighted by Gasteiger charge is 2.42. The van der Waals surface area contributed by atoms with Crippen molar-refractivity contribution in [3.8, 4) is 6.07 Å². The molecule has 26 heavy (non-hydrogen) atoms. The van der Waals surface area contributed by atoms with Gasteiger partial charge in [-0.3, -0.25) is 9.59 Å². The predicted octanol–water partition coefficient (Wildman–Crippen LogP) is 2.41. The molecule has 0 bridgehead atoms. The normalized spacial score (nSPS) is 13.2. The number of carbonyl (C=O) groups is 2. The first kappa shape index (κ1) is 19.3. The molecular weight excluding hydrogens is 354 g/mol. The first-order valence-electron chi connectivity index (χ1n) is 7.76. The van der Waals surface area contributed by atoms with E-state index in [0.29, 0.717) is 5.56 Å². The molecule has 2 rings (SSSR count). The number of carbonyl (C=O) groups excluding carboxylic acids is 2. The number of benzene rings is 2. The van der Waals surface area contributed by atoms with Crippen LogP contribution in [-0.4, -0.2) is 32.5 Å². The molecular formula is C19H17NO5S. The van der Waals surface area contributed by atoms with Crippen molar-refractivity contribution in [2.75, 3.05) is 7.11 Å². The largest absolute Gasteiger partial charge is 0.468 e. The van der Waals surface area contributed by atoms with Crippen LogP contribution in [0.1, 0.15) is 16.8 Å². The number of methoxy groups -OCH3 is 1. The number of ketones is 1. The highest BCUT2D eigenvalue weighted by Crippen LogP contribution is 2.26.